The van der Waals surface area contributed by atoms with Crippen molar-refractivity contribution in [3.63, 3.8) is 0 Å². The third kappa shape index (κ3) is 3.58. The second-order valence-electron chi connectivity index (χ2n) is 4.85. The van der Waals surface area contributed by atoms with Crippen LogP contribution in [0.2, 0.25) is 0 Å². The van der Waals surface area contributed by atoms with Gasteiger partial charge in [0.25, 0.3) is 5.91 Å². The van der Waals surface area contributed by atoms with Crippen LogP contribution < -0.4 is 5.73 Å². The van der Waals surface area contributed by atoms with E-state index in [1.54, 1.807) is 7.05 Å². The molecular weight excluding hydrogens is 271 g/mol. The van der Waals surface area contributed by atoms with Crippen LogP contribution in [0.4, 0.5) is 4.39 Å². The number of nitrogens with zero attached hydrogens (tertiary/aromatic N) is 1. The number of phenolic OH excluding ortho intramolecular Hbond substituents is 1. The number of nitrogens with two attached hydrogens (primary N) is 1. The number of hydrogen-bond donors (Lipinski definition) is 2. The van der Waals surface area contributed by atoms with Crippen LogP contribution in [0, 0.1) is 5.82 Å². The van der Waals surface area contributed by atoms with Crippen molar-refractivity contribution in [3.05, 3.63) is 65.0 Å². The van der Waals surface area contributed by atoms with Gasteiger partial charge >= 0.3 is 0 Å². The molecule has 0 fully saturated rings. The number of phenols is 1. The van der Waals surface area contributed by atoms with Crippen LogP contribution in [0.3, 0.4) is 0 Å². The highest BCUT2D eigenvalue weighted by molar-refractivity contribution is 5.94. The third-order valence-corrected chi connectivity index (χ3v) is 3.18. The summed E-state index contributed by atoms with van der Waals surface area (Å²) in [6, 6.07) is 11.1. The molecule has 0 aliphatic rings. The SMILES string of the molecule is CN(Cc1cccc(CN)c1)C(=O)c1ccc(O)cc1F. The van der Waals surface area contributed by atoms with E-state index in [0.717, 1.165) is 17.2 Å². The number of benzene rings is 2. The summed E-state index contributed by atoms with van der Waals surface area (Å²) >= 11 is 0. The summed E-state index contributed by atoms with van der Waals surface area (Å²) in [6.07, 6.45) is 0. The topological polar surface area (TPSA) is 66.6 Å². The monoisotopic (exact) mass is 288 g/mol. The number of carbonyl (C=O) groups excluding carboxylic acids is 1. The predicted octanol–water partition coefficient (Wildman–Crippen LogP) is 2.26. The maximum atomic E-state index is 13.7. The van der Waals surface area contributed by atoms with Gasteiger partial charge in [0.15, 0.2) is 0 Å². The van der Waals surface area contributed by atoms with Crippen molar-refractivity contribution >= 4 is 5.91 Å². The van der Waals surface area contributed by atoms with Crippen LogP contribution in [0.1, 0.15) is 21.5 Å². The molecule has 0 unspecified atom stereocenters. The van der Waals surface area contributed by atoms with E-state index in [1.165, 1.54) is 17.0 Å². The zero-order valence-electron chi connectivity index (χ0n) is 11.7. The summed E-state index contributed by atoms with van der Waals surface area (Å²) in [5.74, 6) is -1.38. The smallest absolute Gasteiger partial charge is 0.256 e. The number of halogens is 1. The minimum Gasteiger partial charge on any atom is -0.508 e. The molecule has 2 aromatic rings. The fourth-order valence-corrected chi connectivity index (χ4v) is 2.08. The van der Waals surface area contributed by atoms with Crippen LogP contribution in [-0.2, 0) is 13.1 Å². The van der Waals surface area contributed by atoms with Gasteiger partial charge in [-0.05, 0) is 23.3 Å². The first-order valence-electron chi connectivity index (χ1n) is 6.53. The molecule has 5 heteroatoms. The molecule has 0 aromatic heterocycles. The number of carbonyl (C=O) groups is 1. The van der Waals surface area contributed by atoms with Crippen molar-refractivity contribution in [2.24, 2.45) is 5.73 Å². The molecule has 0 saturated carbocycles. The van der Waals surface area contributed by atoms with Gasteiger partial charge in [0.2, 0.25) is 0 Å². The number of hydrogen-bond acceptors (Lipinski definition) is 3. The van der Waals surface area contributed by atoms with E-state index >= 15 is 0 Å². The number of rotatable bonds is 4. The Kier molecular flexibility index (Phi) is 4.55. The third-order valence-electron chi connectivity index (χ3n) is 3.18. The fourth-order valence-electron chi connectivity index (χ4n) is 2.08. The van der Waals surface area contributed by atoms with Crippen LogP contribution in [0.5, 0.6) is 5.75 Å². The average molecular weight is 288 g/mol. The Hall–Kier alpha value is -2.40. The van der Waals surface area contributed by atoms with Gasteiger partial charge in [-0.2, -0.15) is 0 Å². The van der Waals surface area contributed by atoms with E-state index in [0.29, 0.717) is 13.1 Å². The summed E-state index contributed by atoms with van der Waals surface area (Å²) in [5, 5.41) is 9.17. The first kappa shape index (κ1) is 15.0. The lowest BCUT2D eigenvalue weighted by atomic mass is 10.1. The van der Waals surface area contributed by atoms with Crippen LogP contribution in [0.25, 0.3) is 0 Å². The lowest BCUT2D eigenvalue weighted by Gasteiger charge is -2.18. The lowest BCUT2D eigenvalue weighted by molar-refractivity contribution is 0.0780. The first-order valence-corrected chi connectivity index (χ1v) is 6.53. The molecule has 0 heterocycles. The van der Waals surface area contributed by atoms with Gasteiger partial charge in [0.05, 0.1) is 5.56 Å². The van der Waals surface area contributed by atoms with Crippen LogP contribution >= 0.6 is 0 Å². The van der Waals surface area contributed by atoms with E-state index in [4.69, 9.17) is 5.73 Å². The highest BCUT2D eigenvalue weighted by Crippen LogP contribution is 2.17. The normalized spacial score (nSPS) is 10.4. The molecule has 0 bridgehead atoms. The molecule has 0 saturated heterocycles. The van der Waals surface area contributed by atoms with Crippen molar-refractivity contribution < 1.29 is 14.3 Å². The highest BCUT2D eigenvalue weighted by Gasteiger charge is 2.16. The van der Waals surface area contributed by atoms with Gasteiger partial charge in [-0.15, -0.1) is 0 Å². The van der Waals surface area contributed by atoms with Crippen LogP contribution in [-0.4, -0.2) is 23.0 Å². The van der Waals surface area contributed by atoms with E-state index < -0.39 is 11.7 Å². The summed E-state index contributed by atoms with van der Waals surface area (Å²) in [6.45, 7) is 0.783. The lowest BCUT2D eigenvalue weighted by Crippen LogP contribution is -2.27. The largest absolute Gasteiger partial charge is 0.508 e. The first-order chi connectivity index (χ1) is 10.0. The van der Waals surface area contributed by atoms with E-state index in [9.17, 15) is 14.3 Å². The predicted molar refractivity (Wildman–Crippen MR) is 78.2 cm³/mol. The molecule has 4 nitrogen and oxygen atoms in total. The highest BCUT2D eigenvalue weighted by atomic mass is 19.1. The number of aromatic hydroxyl groups is 1. The fraction of sp³-hybridized carbons (Fsp3) is 0.188. The van der Waals surface area contributed by atoms with Crippen LogP contribution in [0.15, 0.2) is 42.5 Å². The molecule has 110 valence electrons. The quantitative estimate of drug-likeness (QED) is 0.907. The minimum absolute atomic E-state index is 0.0646. The molecule has 0 aliphatic carbocycles. The van der Waals surface area contributed by atoms with Gasteiger partial charge < -0.3 is 15.7 Å². The zero-order valence-corrected chi connectivity index (χ0v) is 11.7. The van der Waals surface area contributed by atoms with Crippen molar-refractivity contribution in [2.45, 2.75) is 13.1 Å². The van der Waals surface area contributed by atoms with Crippen molar-refractivity contribution in [1.82, 2.24) is 4.90 Å². The molecule has 0 atom stereocenters. The Morgan fingerprint density at radius 1 is 1.24 bits per heavy atom. The summed E-state index contributed by atoms with van der Waals surface area (Å²) < 4.78 is 13.7. The summed E-state index contributed by atoms with van der Waals surface area (Å²) in [7, 11) is 1.60. The number of amides is 1. The maximum absolute atomic E-state index is 13.7. The van der Waals surface area contributed by atoms with E-state index in [2.05, 4.69) is 0 Å². The molecule has 2 aromatic carbocycles. The maximum Gasteiger partial charge on any atom is 0.256 e. The standard InChI is InChI=1S/C16H17FN2O2/c1-19(10-12-4-2-3-11(7-12)9-18)16(21)14-6-5-13(20)8-15(14)17/h2-8,20H,9-10,18H2,1H3. The summed E-state index contributed by atoms with van der Waals surface area (Å²) in [4.78, 5) is 13.6. The van der Waals surface area contributed by atoms with Gasteiger partial charge in [-0.25, -0.2) is 4.39 Å². The molecule has 0 spiro atoms. The van der Waals surface area contributed by atoms with Gasteiger partial charge in [-0.3, -0.25) is 4.79 Å². The second kappa shape index (κ2) is 6.37. The Balaban J connectivity index is 2.15. The molecule has 1 amide bonds. The zero-order chi connectivity index (χ0) is 15.4. The van der Waals surface area contributed by atoms with E-state index in [1.807, 2.05) is 24.3 Å². The van der Waals surface area contributed by atoms with Crippen molar-refractivity contribution in [3.8, 4) is 5.75 Å². The molecule has 21 heavy (non-hydrogen) atoms. The Morgan fingerprint density at radius 3 is 2.62 bits per heavy atom. The minimum atomic E-state index is -0.734. The molecule has 2 rings (SSSR count). The Labute approximate surface area is 122 Å². The second-order valence-corrected chi connectivity index (χ2v) is 4.85. The summed E-state index contributed by atoms with van der Waals surface area (Å²) in [5.41, 5.74) is 7.42. The molecule has 0 aliphatic heterocycles. The van der Waals surface area contributed by atoms with Gasteiger partial charge in [0.1, 0.15) is 11.6 Å². The molecular formula is C16H17FN2O2. The van der Waals surface area contributed by atoms with Crippen molar-refractivity contribution in [1.29, 1.82) is 0 Å². The van der Waals surface area contributed by atoms with Gasteiger partial charge in [-0.1, -0.05) is 24.3 Å². The Bertz CT molecular complexity index is 658. The van der Waals surface area contributed by atoms with Gasteiger partial charge in [0, 0.05) is 26.2 Å². The van der Waals surface area contributed by atoms with E-state index in [-0.39, 0.29) is 11.3 Å². The molecule has 3 N–H and O–H groups in total. The average Bonchev–Trinajstić information content (AvgIpc) is 2.46. The molecule has 0 radical (unpaired) electrons. The Morgan fingerprint density at radius 2 is 1.95 bits per heavy atom. The van der Waals surface area contributed by atoms with Crippen molar-refractivity contribution in [2.75, 3.05) is 7.05 Å².